The largest absolute Gasteiger partial charge is 0.490 e. The fraction of sp³-hybridized carbons (Fsp3) is 0.125. The van der Waals surface area contributed by atoms with Gasteiger partial charge in [0.1, 0.15) is 12.1 Å². The van der Waals surface area contributed by atoms with Gasteiger partial charge in [0, 0.05) is 36.1 Å². The van der Waals surface area contributed by atoms with Crippen LogP contribution in [0.15, 0.2) is 84.4 Å². The van der Waals surface area contributed by atoms with Crippen LogP contribution in [0.4, 0.5) is 11.4 Å². The van der Waals surface area contributed by atoms with E-state index in [-0.39, 0.29) is 16.1 Å². The Morgan fingerprint density at radius 2 is 1.83 bits per heavy atom. The predicted octanol–water partition coefficient (Wildman–Crippen LogP) is 3.48. The second kappa shape index (κ2) is 9.47. The van der Waals surface area contributed by atoms with Crippen molar-refractivity contribution in [3.05, 3.63) is 85.1 Å². The molecular weight excluding hydrogens is 470 g/mol. The summed E-state index contributed by atoms with van der Waals surface area (Å²) in [6, 6.07) is 14.1. The van der Waals surface area contributed by atoms with Crippen LogP contribution in [0.2, 0.25) is 0 Å². The molecule has 0 saturated heterocycles. The summed E-state index contributed by atoms with van der Waals surface area (Å²) in [5.74, 6) is 1.14. The van der Waals surface area contributed by atoms with Crippen LogP contribution in [-0.4, -0.2) is 42.1 Å². The van der Waals surface area contributed by atoms with Crippen molar-refractivity contribution in [2.75, 3.05) is 23.3 Å². The molecule has 4 aromatic rings. The molecule has 10 nitrogen and oxygen atoms in total. The highest BCUT2D eigenvalue weighted by molar-refractivity contribution is 7.92. The summed E-state index contributed by atoms with van der Waals surface area (Å²) >= 11 is 0. The zero-order valence-corrected chi connectivity index (χ0v) is 19.2. The fourth-order valence-corrected chi connectivity index (χ4v) is 4.52. The monoisotopic (exact) mass is 491 g/mol. The molecule has 3 heterocycles. The summed E-state index contributed by atoms with van der Waals surface area (Å²) in [7, 11) is -3.92. The fourth-order valence-electron chi connectivity index (χ4n) is 3.46. The predicted molar refractivity (Wildman–Crippen MR) is 129 cm³/mol. The van der Waals surface area contributed by atoms with Gasteiger partial charge in [0.05, 0.1) is 30.0 Å². The van der Waals surface area contributed by atoms with Gasteiger partial charge in [-0.05, 0) is 42.5 Å². The Morgan fingerprint density at radius 1 is 0.971 bits per heavy atom. The highest BCUT2D eigenvalue weighted by Crippen LogP contribution is 2.32. The molecule has 1 amide bonds. The Balaban J connectivity index is 1.29. The van der Waals surface area contributed by atoms with Crippen LogP contribution in [0, 0.1) is 0 Å². The first-order valence-electron chi connectivity index (χ1n) is 10.8. The second-order valence-electron chi connectivity index (χ2n) is 7.67. The second-order valence-corrected chi connectivity index (χ2v) is 9.36. The SMILES string of the molecule is O=C(Nc1ccc(-n2ccnc2)nc1)c1cccc(NS(=O)(=O)c2ccc3c(c2)OCCCO3)c1. The van der Waals surface area contributed by atoms with Crippen molar-refractivity contribution in [3.63, 3.8) is 0 Å². The quantitative estimate of drug-likeness (QED) is 0.423. The Hall–Kier alpha value is -4.38. The van der Waals surface area contributed by atoms with Crippen LogP contribution in [0.5, 0.6) is 11.5 Å². The van der Waals surface area contributed by atoms with Gasteiger partial charge in [-0.2, -0.15) is 0 Å². The van der Waals surface area contributed by atoms with E-state index >= 15 is 0 Å². The maximum Gasteiger partial charge on any atom is 0.262 e. The molecule has 5 rings (SSSR count). The number of amides is 1. The van der Waals surface area contributed by atoms with Crippen molar-refractivity contribution in [2.45, 2.75) is 11.3 Å². The zero-order valence-electron chi connectivity index (χ0n) is 18.4. The van der Waals surface area contributed by atoms with Crippen LogP contribution in [0.1, 0.15) is 16.8 Å². The molecule has 1 aliphatic heterocycles. The molecule has 2 aromatic carbocycles. The molecule has 0 saturated carbocycles. The summed E-state index contributed by atoms with van der Waals surface area (Å²) in [5.41, 5.74) is 1.03. The number of hydrogen-bond donors (Lipinski definition) is 2. The molecule has 0 atom stereocenters. The average Bonchev–Trinajstić information content (AvgIpc) is 3.29. The molecule has 0 aliphatic carbocycles. The van der Waals surface area contributed by atoms with Gasteiger partial charge in [-0.25, -0.2) is 18.4 Å². The van der Waals surface area contributed by atoms with Gasteiger partial charge in [-0.1, -0.05) is 6.07 Å². The summed E-state index contributed by atoms with van der Waals surface area (Å²) in [5, 5.41) is 2.76. The summed E-state index contributed by atoms with van der Waals surface area (Å²) in [4.78, 5) is 21.1. The minimum absolute atomic E-state index is 0.0284. The number of nitrogens with zero attached hydrogens (tertiary/aromatic N) is 3. The number of imidazole rings is 1. The third-order valence-electron chi connectivity index (χ3n) is 5.18. The maximum atomic E-state index is 13.0. The van der Waals surface area contributed by atoms with Crippen molar-refractivity contribution in [2.24, 2.45) is 0 Å². The Morgan fingerprint density at radius 3 is 2.60 bits per heavy atom. The lowest BCUT2D eigenvalue weighted by molar-refractivity contribution is 0.102. The maximum absolute atomic E-state index is 13.0. The molecule has 2 aromatic heterocycles. The molecule has 178 valence electrons. The molecule has 2 N–H and O–H groups in total. The number of carbonyl (C=O) groups excluding carboxylic acids is 1. The number of ether oxygens (including phenoxy) is 2. The number of rotatable bonds is 6. The Kier molecular flexibility index (Phi) is 6.06. The van der Waals surface area contributed by atoms with Gasteiger partial charge in [-0.15, -0.1) is 0 Å². The molecule has 35 heavy (non-hydrogen) atoms. The summed E-state index contributed by atoms with van der Waals surface area (Å²) in [6.07, 6.45) is 7.28. The van der Waals surface area contributed by atoms with Crippen molar-refractivity contribution >= 4 is 27.3 Å². The van der Waals surface area contributed by atoms with Gasteiger partial charge in [0.2, 0.25) is 0 Å². The Bertz CT molecular complexity index is 1450. The standard InChI is InChI=1S/C24H21N5O5S/c30-24(27-19-5-8-23(26-15-19)29-10-9-25-16-29)17-3-1-4-18(13-17)28-35(31,32)20-6-7-21-22(14-20)34-12-2-11-33-21/h1,3-10,13-16,28H,2,11-12H2,(H,27,30). The van der Waals surface area contributed by atoms with E-state index in [2.05, 4.69) is 20.0 Å². The molecule has 11 heteroatoms. The first-order chi connectivity index (χ1) is 17.0. The first-order valence-corrected chi connectivity index (χ1v) is 12.2. The number of anilines is 2. The van der Waals surface area contributed by atoms with Gasteiger partial charge >= 0.3 is 0 Å². The third kappa shape index (κ3) is 5.09. The van der Waals surface area contributed by atoms with E-state index < -0.39 is 15.9 Å². The highest BCUT2D eigenvalue weighted by atomic mass is 32.2. The topological polar surface area (TPSA) is 124 Å². The lowest BCUT2D eigenvalue weighted by Crippen LogP contribution is -2.15. The average molecular weight is 492 g/mol. The van der Waals surface area contributed by atoms with Crippen molar-refractivity contribution in [1.29, 1.82) is 0 Å². The third-order valence-corrected chi connectivity index (χ3v) is 6.56. The van der Waals surface area contributed by atoms with E-state index in [1.165, 1.54) is 24.4 Å². The number of sulfonamides is 1. The molecule has 0 radical (unpaired) electrons. The normalized spacial score (nSPS) is 13.0. The number of fused-ring (bicyclic) bond motifs is 1. The lowest BCUT2D eigenvalue weighted by atomic mass is 10.2. The first kappa shape index (κ1) is 22.4. The van der Waals surface area contributed by atoms with Crippen LogP contribution < -0.4 is 19.5 Å². The van der Waals surface area contributed by atoms with E-state index in [1.54, 1.807) is 59.7 Å². The van der Waals surface area contributed by atoms with Gasteiger partial charge < -0.3 is 14.8 Å². The van der Waals surface area contributed by atoms with E-state index in [0.29, 0.717) is 42.6 Å². The van der Waals surface area contributed by atoms with Crippen LogP contribution >= 0.6 is 0 Å². The number of nitrogens with one attached hydrogen (secondary N) is 2. The highest BCUT2D eigenvalue weighted by Gasteiger charge is 2.19. The molecule has 0 bridgehead atoms. The van der Waals surface area contributed by atoms with E-state index in [1.807, 2.05) is 0 Å². The van der Waals surface area contributed by atoms with Gasteiger partial charge in [0.15, 0.2) is 11.5 Å². The molecule has 0 unspecified atom stereocenters. The number of aromatic nitrogens is 3. The summed E-state index contributed by atoms with van der Waals surface area (Å²) in [6.45, 7) is 0.958. The molecule has 1 aliphatic rings. The van der Waals surface area contributed by atoms with Gasteiger partial charge in [0.25, 0.3) is 15.9 Å². The van der Waals surface area contributed by atoms with Gasteiger partial charge in [-0.3, -0.25) is 14.1 Å². The van der Waals surface area contributed by atoms with E-state index in [9.17, 15) is 13.2 Å². The van der Waals surface area contributed by atoms with Crippen LogP contribution in [0.25, 0.3) is 5.82 Å². The molecule has 0 spiro atoms. The smallest absolute Gasteiger partial charge is 0.262 e. The summed E-state index contributed by atoms with van der Waals surface area (Å²) < 4.78 is 41.3. The van der Waals surface area contributed by atoms with Crippen molar-refractivity contribution in [1.82, 2.24) is 14.5 Å². The lowest BCUT2D eigenvalue weighted by Gasteiger charge is -2.12. The number of pyridine rings is 1. The Labute approximate surface area is 201 Å². The van der Waals surface area contributed by atoms with E-state index in [4.69, 9.17) is 9.47 Å². The minimum Gasteiger partial charge on any atom is -0.490 e. The molecule has 0 fully saturated rings. The van der Waals surface area contributed by atoms with Crippen LogP contribution in [-0.2, 0) is 10.0 Å². The zero-order chi connectivity index (χ0) is 24.3. The number of carbonyl (C=O) groups is 1. The number of hydrogen-bond acceptors (Lipinski definition) is 7. The van der Waals surface area contributed by atoms with Crippen molar-refractivity contribution in [3.8, 4) is 17.3 Å². The van der Waals surface area contributed by atoms with E-state index in [0.717, 1.165) is 0 Å². The van der Waals surface area contributed by atoms with Crippen molar-refractivity contribution < 1.29 is 22.7 Å². The number of benzene rings is 2. The molecular formula is C24H21N5O5S. The minimum atomic E-state index is -3.92. The van der Waals surface area contributed by atoms with Crippen LogP contribution in [0.3, 0.4) is 0 Å².